The quantitative estimate of drug-likeness (QED) is 0.906. The fraction of sp³-hybridized carbons (Fsp3) is 0.455. The Bertz CT molecular complexity index is 357. The summed E-state index contributed by atoms with van der Waals surface area (Å²) >= 11 is 3.28. The Morgan fingerprint density at radius 2 is 2.38 bits per heavy atom. The maximum atomic E-state index is 13.6. The van der Waals surface area contributed by atoms with E-state index in [2.05, 4.69) is 21.2 Å². The number of rotatable bonds is 2. The van der Waals surface area contributed by atoms with Crippen LogP contribution in [0.25, 0.3) is 0 Å². The molecule has 0 aromatic heterocycles. The molecular formula is C11H13BrFNO2. The van der Waals surface area contributed by atoms with E-state index >= 15 is 0 Å². The molecule has 1 fully saturated rings. The average Bonchev–Trinajstić information content (AvgIpc) is 2.30. The lowest BCUT2D eigenvalue weighted by Crippen LogP contribution is -2.33. The molecule has 0 bridgehead atoms. The number of hydrogen-bond acceptors (Lipinski definition) is 3. The molecule has 1 aliphatic rings. The molecule has 5 heteroatoms. The molecule has 2 rings (SSSR count). The topological polar surface area (TPSA) is 30.5 Å². The van der Waals surface area contributed by atoms with Gasteiger partial charge in [0.15, 0.2) is 11.6 Å². The SMILES string of the molecule is COc1c(F)cc(C2CNCCO2)cc1Br. The van der Waals surface area contributed by atoms with Gasteiger partial charge in [-0.1, -0.05) is 0 Å². The molecule has 1 unspecified atom stereocenters. The van der Waals surface area contributed by atoms with Crippen LogP contribution in [0.5, 0.6) is 5.75 Å². The summed E-state index contributed by atoms with van der Waals surface area (Å²) in [7, 11) is 1.45. The van der Waals surface area contributed by atoms with Gasteiger partial charge in [-0.15, -0.1) is 0 Å². The predicted molar refractivity (Wildman–Crippen MR) is 62.2 cm³/mol. The number of ether oxygens (including phenoxy) is 2. The molecule has 1 aliphatic heterocycles. The van der Waals surface area contributed by atoms with Gasteiger partial charge in [-0.3, -0.25) is 0 Å². The number of morpholine rings is 1. The van der Waals surface area contributed by atoms with E-state index in [0.29, 0.717) is 17.6 Å². The van der Waals surface area contributed by atoms with E-state index in [-0.39, 0.29) is 17.7 Å². The van der Waals surface area contributed by atoms with E-state index in [1.165, 1.54) is 13.2 Å². The van der Waals surface area contributed by atoms with Gasteiger partial charge in [0, 0.05) is 13.1 Å². The normalized spacial score (nSPS) is 20.8. The highest BCUT2D eigenvalue weighted by atomic mass is 79.9. The van der Waals surface area contributed by atoms with Crippen molar-refractivity contribution < 1.29 is 13.9 Å². The van der Waals surface area contributed by atoms with E-state index in [1.807, 2.05) is 6.07 Å². The van der Waals surface area contributed by atoms with Gasteiger partial charge in [-0.25, -0.2) is 4.39 Å². The van der Waals surface area contributed by atoms with Gasteiger partial charge in [0.2, 0.25) is 0 Å². The van der Waals surface area contributed by atoms with Crippen LogP contribution in [0, 0.1) is 5.82 Å². The maximum absolute atomic E-state index is 13.6. The highest BCUT2D eigenvalue weighted by Crippen LogP contribution is 2.32. The number of benzene rings is 1. The Hall–Kier alpha value is -0.650. The molecule has 0 amide bonds. The standard InChI is InChI=1S/C11H13BrFNO2/c1-15-11-8(12)4-7(5-9(11)13)10-6-14-2-3-16-10/h4-5,10,14H,2-3,6H2,1H3. The zero-order chi connectivity index (χ0) is 11.5. The molecule has 1 heterocycles. The Balaban J connectivity index is 2.28. The number of halogens is 2. The molecule has 1 aromatic rings. The van der Waals surface area contributed by atoms with Crippen LogP contribution in [0.3, 0.4) is 0 Å². The Kier molecular flexibility index (Phi) is 3.78. The van der Waals surface area contributed by atoms with Crippen molar-refractivity contribution >= 4 is 15.9 Å². The molecule has 16 heavy (non-hydrogen) atoms. The lowest BCUT2D eigenvalue weighted by molar-refractivity contribution is 0.0274. The van der Waals surface area contributed by atoms with Crippen molar-refractivity contribution in [1.82, 2.24) is 5.32 Å². The summed E-state index contributed by atoms with van der Waals surface area (Å²) in [4.78, 5) is 0. The van der Waals surface area contributed by atoms with Crippen molar-refractivity contribution in [2.75, 3.05) is 26.8 Å². The van der Waals surface area contributed by atoms with Crippen LogP contribution in [-0.4, -0.2) is 26.8 Å². The molecule has 0 spiro atoms. The van der Waals surface area contributed by atoms with E-state index in [1.54, 1.807) is 0 Å². The van der Waals surface area contributed by atoms with Gasteiger partial charge in [-0.05, 0) is 33.6 Å². The molecule has 0 saturated carbocycles. The first-order valence-corrected chi connectivity index (χ1v) is 5.87. The summed E-state index contributed by atoms with van der Waals surface area (Å²) in [5.41, 5.74) is 0.817. The average molecular weight is 290 g/mol. The molecule has 0 radical (unpaired) electrons. The fourth-order valence-electron chi connectivity index (χ4n) is 1.74. The van der Waals surface area contributed by atoms with Crippen LogP contribution in [0.15, 0.2) is 16.6 Å². The van der Waals surface area contributed by atoms with E-state index in [4.69, 9.17) is 9.47 Å². The molecular weight excluding hydrogens is 277 g/mol. The Labute approximate surface area is 102 Å². The van der Waals surface area contributed by atoms with Crippen LogP contribution < -0.4 is 10.1 Å². The number of methoxy groups -OCH3 is 1. The van der Waals surface area contributed by atoms with Crippen molar-refractivity contribution in [2.45, 2.75) is 6.10 Å². The minimum atomic E-state index is -0.374. The van der Waals surface area contributed by atoms with Crippen LogP contribution in [0.2, 0.25) is 0 Å². The molecule has 1 atom stereocenters. The van der Waals surface area contributed by atoms with E-state index in [0.717, 1.165) is 12.1 Å². The fourth-order valence-corrected chi connectivity index (χ4v) is 2.36. The smallest absolute Gasteiger partial charge is 0.168 e. The van der Waals surface area contributed by atoms with Gasteiger partial charge in [0.1, 0.15) is 0 Å². The molecule has 1 saturated heterocycles. The zero-order valence-corrected chi connectivity index (χ0v) is 10.5. The molecule has 1 N–H and O–H groups in total. The molecule has 3 nitrogen and oxygen atoms in total. The summed E-state index contributed by atoms with van der Waals surface area (Å²) in [6, 6.07) is 3.29. The number of hydrogen-bond donors (Lipinski definition) is 1. The van der Waals surface area contributed by atoms with Gasteiger partial charge >= 0.3 is 0 Å². The largest absolute Gasteiger partial charge is 0.492 e. The lowest BCUT2D eigenvalue weighted by atomic mass is 10.1. The van der Waals surface area contributed by atoms with Crippen LogP contribution in [0.4, 0.5) is 4.39 Å². The minimum absolute atomic E-state index is 0.0922. The number of nitrogens with one attached hydrogen (secondary N) is 1. The summed E-state index contributed by atoms with van der Waals surface area (Å²) in [6.45, 7) is 2.20. The van der Waals surface area contributed by atoms with Gasteiger partial charge in [0.05, 0.1) is 24.3 Å². The lowest BCUT2D eigenvalue weighted by Gasteiger charge is -2.24. The summed E-state index contributed by atoms with van der Waals surface area (Å²) in [5.74, 6) is -0.145. The summed E-state index contributed by atoms with van der Waals surface area (Å²) in [5, 5.41) is 3.21. The highest BCUT2D eigenvalue weighted by Gasteiger charge is 2.19. The first kappa shape index (κ1) is 11.8. The maximum Gasteiger partial charge on any atom is 0.168 e. The third-order valence-electron chi connectivity index (χ3n) is 2.52. The first-order valence-electron chi connectivity index (χ1n) is 5.07. The van der Waals surface area contributed by atoms with Gasteiger partial charge in [0.25, 0.3) is 0 Å². The third-order valence-corrected chi connectivity index (χ3v) is 3.11. The third kappa shape index (κ3) is 2.36. The predicted octanol–water partition coefficient (Wildman–Crippen LogP) is 2.26. The van der Waals surface area contributed by atoms with Crippen molar-refractivity contribution in [3.8, 4) is 5.75 Å². The first-order chi connectivity index (χ1) is 7.72. The van der Waals surface area contributed by atoms with Crippen LogP contribution in [0.1, 0.15) is 11.7 Å². The van der Waals surface area contributed by atoms with Crippen molar-refractivity contribution in [2.24, 2.45) is 0 Å². The van der Waals surface area contributed by atoms with Crippen molar-refractivity contribution in [1.29, 1.82) is 0 Å². The Morgan fingerprint density at radius 1 is 1.56 bits per heavy atom. The van der Waals surface area contributed by atoms with Crippen molar-refractivity contribution in [3.63, 3.8) is 0 Å². The summed E-state index contributed by atoms with van der Waals surface area (Å²) in [6.07, 6.45) is -0.0922. The molecule has 0 aliphatic carbocycles. The van der Waals surface area contributed by atoms with Crippen molar-refractivity contribution in [3.05, 3.63) is 28.0 Å². The van der Waals surface area contributed by atoms with Gasteiger partial charge in [-0.2, -0.15) is 0 Å². The van der Waals surface area contributed by atoms with E-state index in [9.17, 15) is 4.39 Å². The van der Waals surface area contributed by atoms with Crippen LogP contribution >= 0.6 is 15.9 Å². The monoisotopic (exact) mass is 289 g/mol. The molecule has 1 aromatic carbocycles. The second kappa shape index (κ2) is 5.12. The van der Waals surface area contributed by atoms with Crippen LogP contribution in [-0.2, 0) is 4.74 Å². The summed E-state index contributed by atoms with van der Waals surface area (Å²) < 4.78 is 24.7. The molecule has 88 valence electrons. The second-order valence-electron chi connectivity index (χ2n) is 3.58. The highest BCUT2D eigenvalue weighted by molar-refractivity contribution is 9.10. The Morgan fingerprint density at radius 3 is 2.94 bits per heavy atom. The second-order valence-corrected chi connectivity index (χ2v) is 4.44. The zero-order valence-electron chi connectivity index (χ0n) is 8.93. The van der Waals surface area contributed by atoms with E-state index < -0.39 is 0 Å². The van der Waals surface area contributed by atoms with Gasteiger partial charge < -0.3 is 14.8 Å². The minimum Gasteiger partial charge on any atom is -0.492 e.